The quantitative estimate of drug-likeness (QED) is 0.488. The summed E-state index contributed by atoms with van der Waals surface area (Å²) < 4.78 is 38.4. The van der Waals surface area contributed by atoms with Gasteiger partial charge in [-0.25, -0.2) is 4.90 Å². The smallest absolute Gasteiger partial charge is 0.274 e. The molecule has 4 rings (SSSR count). The first kappa shape index (κ1) is 17.1. The second kappa shape index (κ2) is 4.91. The van der Waals surface area contributed by atoms with E-state index < -0.39 is 44.9 Å². The number of hydrogen-bond donors (Lipinski definition) is 0. The maximum absolute atomic E-state index is 13.2. The van der Waals surface area contributed by atoms with Crippen LogP contribution in [0.3, 0.4) is 0 Å². The van der Waals surface area contributed by atoms with Gasteiger partial charge in [0.25, 0.3) is 0 Å². The van der Waals surface area contributed by atoms with Crippen LogP contribution in [0, 0.1) is 11.8 Å². The molecule has 3 aliphatic rings. The van der Waals surface area contributed by atoms with E-state index in [-0.39, 0.29) is 10.2 Å². The molecular weight excluding hydrogens is 419 g/mol. The molecule has 132 valence electrons. The van der Waals surface area contributed by atoms with E-state index in [0.29, 0.717) is 0 Å². The number of alkyl halides is 3. The fraction of sp³-hybridized carbons (Fsp3) is 0.412. The molecule has 2 unspecified atom stereocenters. The first-order chi connectivity index (χ1) is 11.5. The zero-order chi connectivity index (χ0) is 18.4. The van der Waals surface area contributed by atoms with Gasteiger partial charge in [-0.2, -0.15) is 13.2 Å². The van der Waals surface area contributed by atoms with Gasteiger partial charge >= 0.3 is 6.18 Å². The Hall–Kier alpha value is -1.28. The summed E-state index contributed by atoms with van der Waals surface area (Å²) in [6.45, 7) is 3.81. The minimum atomic E-state index is -4.58. The monoisotopic (exact) mass is 431 g/mol. The number of nitrogens with zero attached hydrogens (tertiary/aromatic N) is 1. The normalized spacial score (nSPS) is 36.5. The Labute approximate surface area is 154 Å². The second-order valence-corrected chi connectivity index (χ2v) is 9.75. The van der Waals surface area contributed by atoms with E-state index in [4.69, 9.17) is 0 Å². The van der Waals surface area contributed by atoms with Gasteiger partial charge < -0.3 is 0 Å². The molecule has 2 amide bonds. The fourth-order valence-electron chi connectivity index (χ4n) is 4.16. The van der Waals surface area contributed by atoms with Crippen LogP contribution in [-0.2, 0) is 15.8 Å². The van der Waals surface area contributed by atoms with Crippen LogP contribution >= 0.6 is 27.7 Å². The van der Waals surface area contributed by atoms with Gasteiger partial charge in [-0.05, 0) is 32.0 Å². The summed E-state index contributed by atoms with van der Waals surface area (Å²) in [5.41, 5.74) is -0.938. The number of carbonyl (C=O) groups is 2. The fourth-order valence-corrected chi connectivity index (χ4v) is 6.57. The van der Waals surface area contributed by atoms with Gasteiger partial charge in [-0.3, -0.25) is 9.59 Å². The topological polar surface area (TPSA) is 37.4 Å². The second-order valence-electron chi connectivity index (χ2n) is 6.93. The molecule has 0 aliphatic carbocycles. The summed E-state index contributed by atoms with van der Waals surface area (Å²) in [7, 11) is 0. The highest BCUT2D eigenvalue weighted by molar-refractivity contribution is 9.10. The van der Waals surface area contributed by atoms with Crippen molar-refractivity contribution < 1.29 is 22.8 Å². The van der Waals surface area contributed by atoms with Crippen molar-refractivity contribution in [2.45, 2.75) is 29.5 Å². The first-order valence-corrected chi connectivity index (χ1v) is 9.24. The number of anilines is 1. The molecule has 1 aromatic rings. The molecular formula is C17H13BrF3NO2S. The Kier molecular flexibility index (Phi) is 3.37. The van der Waals surface area contributed by atoms with Gasteiger partial charge in [0.05, 0.1) is 23.1 Å². The summed E-state index contributed by atoms with van der Waals surface area (Å²) in [5, 5.41) is 0. The Morgan fingerprint density at radius 3 is 2.08 bits per heavy atom. The van der Waals surface area contributed by atoms with Gasteiger partial charge in [0.15, 0.2) is 0 Å². The predicted octanol–water partition coefficient (Wildman–Crippen LogP) is 4.41. The molecule has 3 aliphatic heterocycles. The Bertz CT molecular complexity index is 819. The highest BCUT2D eigenvalue weighted by Crippen LogP contribution is 2.66. The van der Waals surface area contributed by atoms with Gasteiger partial charge in [-0.1, -0.05) is 28.1 Å². The lowest BCUT2D eigenvalue weighted by Gasteiger charge is -2.24. The minimum Gasteiger partial charge on any atom is -0.274 e. The van der Waals surface area contributed by atoms with Crippen LogP contribution in [0.2, 0.25) is 0 Å². The third kappa shape index (κ3) is 2.19. The number of carbonyl (C=O) groups excluding carboxylic acids is 2. The van der Waals surface area contributed by atoms with E-state index >= 15 is 0 Å². The zero-order valence-corrected chi connectivity index (χ0v) is 15.6. The lowest BCUT2D eigenvalue weighted by molar-refractivity contribution is -0.138. The van der Waals surface area contributed by atoms with Gasteiger partial charge in [0, 0.05) is 14.0 Å². The summed E-state index contributed by atoms with van der Waals surface area (Å²) in [6, 6.07) is 3.44. The molecule has 4 atom stereocenters. The van der Waals surface area contributed by atoms with E-state index in [0.717, 1.165) is 11.0 Å². The number of imide groups is 1. The molecule has 3 heterocycles. The molecule has 0 saturated carbocycles. The standard InChI is InChI=1S/C17H13BrF3NO2S/c1-15-5-6-16(2,25-15)12-11(15)13(23)22(14(12)24)8-3-4-10(18)9(7-8)17(19,20)21/h3-7,11-12H,1-2H3/t11-,12+,15?,16?. The highest BCUT2D eigenvalue weighted by atomic mass is 79.9. The maximum Gasteiger partial charge on any atom is 0.417 e. The van der Waals surface area contributed by atoms with Crippen molar-refractivity contribution in [2.75, 3.05) is 4.90 Å². The molecule has 2 bridgehead atoms. The van der Waals surface area contributed by atoms with Crippen molar-refractivity contribution in [3.8, 4) is 0 Å². The van der Waals surface area contributed by atoms with Gasteiger partial charge in [-0.15, -0.1) is 11.8 Å². The average Bonchev–Trinajstić information content (AvgIpc) is 3.04. The highest BCUT2D eigenvalue weighted by Gasteiger charge is 2.69. The molecule has 2 saturated heterocycles. The minimum absolute atomic E-state index is 0.0310. The van der Waals surface area contributed by atoms with Crippen molar-refractivity contribution in [3.63, 3.8) is 0 Å². The third-order valence-corrected chi connectivity index (χ3v) is 7.59. The van der Waals surface area contributed by atoms with Crippen LogP contribution in [0.1, 0.15) is 19.4 Å². The van der Waals surface area contributed by atoms with E-state index in [1.54, 1.807) is 11.8 Å². The summed E-state index contributed by atoms with van der Waals surface area (Å²) >= 11 is 4.45. The number of benzene rings is 1. The molecule has 3 nitrogen and oxygen atoms in total. The maximum atomic E-state index is 13.2. The SMILES string of the molecule is CC12C=CC(C)(S1)[C@H]1C(=O)N(c3ccc(Br)c(C(F)(F)F)c3)C(=O)[C@H]12. The molecule has 0 spiro atoms. The number of fused-ring (bicyclic) bond motifs is 5. The van der Waals surface area contributed by atoms with Crippen LogP contribution < -0.4 is 4.90 Å². The van der Waals surface area contributed by atoms with E-state index in [9.17, 15) is 22.8 Å². The van der Waals surface area contributed by atoms with Crippen molar-refractivity contribution in [1.82, 2.24) is 0 Å². The lowest BCUT2D eigenvalue weighted by Crippen LogP contribution is -2.36. The van der Waals surface area contributed by atoms with E-state index in [2.05, 4.69) is 15.9 Å². The third-order valence-electron chi connectivity index (χ3n) is 5.24. The average molecular weight is 432 g/mol. The molecule has 0 radical (unpaired) electrons. The van der Waals surface area contributed by atoms with Crippen LogP contribution in [-0.4, -0.2) is 21.3 Å². The van der Waals surface area contributed by atoms with Crippen LogP contribution in [0.25, 0.3) is 0 Å². The first-order valence-electron chi connectivity index (χ1n) is 7.63. The van der Waals surface area contributed by atoms with E-state index in [1.165, 1.54) is 12.1 Å². The lowest BCUT2D eigenvalue weighted by atomic mass is 9.73. The van der Waals surface area contributed by atoms with Gasteiger partial charge in [0.2, 0.25) is 11.8 Å². The largest absolute Gasteiger partial charge is 0.417 e. The number of amides is 2. The van der Waals surface area contributed by atoms with Crippen molar-refractivity contribution >= 4 is 45.2 Å². The Balaban J connectivity index is 1.80. The molecule has 1 aromatic carbocycles. The molecule has 8 heteroatoms. The Morgan fingerprint density at radius 2 is 1.60 bits per heavy atom. The number of halogens is 4. The van der Waals surface area contributed by atoms with Crippen LogP contribution in [0.15, 0.2) is 34.8 Å². The van der Waals surface area contributed by atoms with Gasteiger partial charge in [0.1, 0.15) is 0 Å². The van der Waals surface area contributed by atoms with Crippen molar-refractivity contribution in [1.29, 1.82) is 0 Å². The van der Waals surface area contributed by atoms with Crippen molar-refractivity contribution in [3.05, 3.63) is 40.4 Å². The molecule has 25 heavy (non-hydrogen) atoms. The molecule has 0 aromatic heterocycles. The number of hydrogen-bond acceptors (Lipinski definition) is 3. The summed E-state index contributed by atoms with van der Waals surface area (Å²) in [6.07, 6.45) is -0.697. The summed E-state index contributed by atoms with van der Waals surface area (Å²) in [4.78, 5) is 26.8. The summed E-state index contributed by atoms with van der Waals surface area (Å²) in [5.74, 6) is -1.93. The van der Waals surface area contributed by atoms with E-state index in [1.807, 2.05) is 26.0 Å². The molecule has 2 fully saturated rings. The van der Waals surface area contributed by atoms with Crippen LogP contribution in [0.5, 0.6) is 0 Å². The number of rotatable bonds is 1. The number of thioether (sulfide) groups is 1. The van der Waals surface area contributed by atoms with Crippen molar-refractivity contribution in [2.24, 2.45) is 11.8 Å². The Morgan fingerprint density at radius 1 is 1.08 bits per heavy atom. The predicted molar refractivity (Wildman–Crippen MR) is 92.2 cm³/mol. The molecule has 0 N–H and O–H groups in total. The zero-order valence-electron chi connectivity index (χ0n) is 13.2. The van der Waals surface area contributed by atoms with Crippen LogP contribution in [0.4, 0.5) is 18.9 Å².